The molecule has 1 fully saturated rings. The molecule has 2 aromatic heterocycles. The van der Waals surface area contributed by atoms with E-state index in [9.17, 15) is 15.3 Å². The number of thioether (sulfide) groups is 1. The van der Waals surface area contributed by atoms with Gasteiger partial charge >= 0.3 is 0 Å². The monoisotopic (exact) mass is 297 g/mol. The first-order chi connectivity index (χ1) is 9.52. The summed E-state index contributed by atoms with van der Waals surface area (Å²) < 4.78 is 1.69. The Morgan fingerprint density at radius 1 is 1.25 bits per heavy atom. The van der Waals surface area contributed by atoms with Crippen LogP contribution in [0.25, 0.3) is 11.0 Å². The van der Waals surface area contributed by atoms with Crippen LogP contribution in [-0.2, 0) is 0 Å². The van der Waals surface area contributed by atoms with Gasteiger partial charge in [-0.2, -0.15) is 9.97 Å². The third kappa shape index (κ3) is 1.90. The lowest BCUT2D eigenvalue weighted by Gasteiger charge is -2.17. The number of anilines is 2. The second-order valence-corrected chi connectivity index (χ2v) is 6.02. The van der Waals surface area contributed by atoms with Crippen molar-refractivity contribution < 1.29 is 15.3 Å². The first kappa shape index (κ1) is 13.4. The predicted molar refractivity (Wildman–Crippen MR) is 75.9 cm³/mol. The number of aromatic nitrogens is 3. The standard InChI is InChI=1S/C11H15N5O3S/c12-8-4-1-2-16(9(4)15-11(13)14-8)10-7(19)6(18)5(3-17)20-10/h1-2,5-7,10,17-19H,3H2,(H4,12,13,14,15)/t5-,6-,7-,10?/m1/s1. The molecule has 0 spiro atoms. The van der Waals surface area contributed by atoms with Crippen LogP contribution in [0, 0.1) is 0 Å². The van der Waals surface area contributed by atoms with Gasteiger partial charge in [-0.15, -0.1) is 11.8 Å². The van der Waals surface area contributed by atoms with Crippen molar-refractivity contribution in [2.75, 3.05) is 18.1 Å². The van der Waals surface area contributed by atoms with Gasteiger partial charge in [0, 0.05) is 6.20 Å². The maximum absolute atomic E-state index is 10.1. The second kappa shape index (κ2) is 4.77. The van der Waals surface area contributed by atoms with Crippen molar-refractivity contribution in [1.29, 1.82) is 0 Å². The minimum absolute atomic E-state index is 0.0479. The number of aliphatic hydroxyl groups is 3. The van der Waals surface area contributed by atoms with Gasteiger partial charge in [0.15, 0.2) is 0 Å². The minimum Gasteiger partial charge on any atom is -0.395 e. The Bertz CT molecular complexity index is 648. The third-order valence-corrected chi connectivity index (χ3v) is 4.97. The number of aliphatic hydroxyl groups excluding tert-OH is 3. The lowest BCUT2D eigenvalue weighted by Crippen LogP contribution is -2.32. The van der Waals surface area contributed by atoms with Gasteiger partial charge in [0.25, 0.3) is 0 Å². The number of nitrogens with two attached hydrogens (primary N) is 2. The van der Waals surface area contributed by atoms with E-state index in [0.717, 1.165) is 0 Å². The zero-order valence-electron chi connectivity index (χ0n) is 10.4. The number of rotatable bonds is 2. The molecule has 9 heteroatoms. The summed E-state index contributed by atoms with van der Waals surface area (Å²) in [5.41, 5.74) is 11.9. The highest BCUT2D eigenvalue weighted by atomic mass is 32.2. The van der Waals surface area contributed by atoms with E-state index in [1.165, 1.54) is 11.8 Å². The van der Waals surface area contributed by atoms with Crippen LogP contribution in [0.2, 0.25) is 0 Å². The van der Waals surface area contributed by atoms with Crippen LogP contribution in [-0.4, -0.2) is 53.9 Å². The van der Waals surface area contributed by atoms with E-state index >= 15 is 0 Å². The first-order valence-electron chi connectivity index (χ1n) is 6.05. The van der Waals surface area contributed by atoms with Gasteiger partial charge in [-0.05, 0) is 6.07 Å². The second-order valence-electron chi connectivity index (χ2n) is 4.66. The first-order valence-corrected chi connectivity index (χ1v) is 6.99. The molecular formula is C11H15N5O3S. The van der Waals surface area contributed by atoms with Crippen molar-refractivity contribution in [3.63, 3.8) is 0 Å². The number of hydrogen-bond donors (Lipinski definition) is 5. The lowest BCUT2D eigenvalue weighted by molar-refractivity contribution is 0.0113. The van der Waals surface area contributed by atoms with E-state index in [2.05, 4.69) is 9.97 Å². The van der Waals surface area contributed by atoms with E-state index in [4.69, 9.17) is 11.5 Å². The molecule has 0 radical (unpaired) electrons. The van der Waals surface area contributed by atoms with Crippen LogP contribution in [0.1, 0.15) is 5.37 Å². The Hall–Kier alpha value is -1.55. The Labute approximate surface area is 118 Å². The molecule has 1 aliphatic heterocycles. The van der Waals surface area contributed by atoms with Crippen LogP contribution < -0.4 is 11.5 Å². The van der Waals surface area contributed by atoms with Gasteiger partial charge in [0.2, 0.25) is 5.95 Å². The number of nitrogen functional groups attached to an aromatic ring is 2. The molecule has 2 aromatic rings. The fraction of sp³-hybridized carbons (Fsp3) is 0.455. The molecular weight excluding hydrogens is 282 g/mol. The summed E-state index contributed by atoms with van der Waals surface area (Å²) in [4.78, 5) is 8.01. The Balaban J connectivity index is 2.07. The predicted octanol–water partition coefficient (Wildman–Crippen LogP) is -1.08. The van der Waals surface area contributed by atoms with Crippen molar-refractivity contribution in [3.05, 3.63) is 12.3 Å². The van der Waals surface area contributed by atoms with Gasteiger partial charge < -0.3 is 31.4 Å². The molecule has 0 aliphatic carbocycles. The van der Waals surface area contributed by atoms with Crippen molar-refractivity contribution in [2.45, 2.75) is 22.8 Å². The van der Waals surface area contributed by atoms with Crippen molar-refractivity contribution >= 4 is 34.6 Å². The fourth-order valence-electron chi connectivity index (χ4n) is 2.39. The largest absolute Gasteiger partial charge is 0.395 e. The fourth-order valence-corrected chi connectivity index (χ4v) is 3.78. The highest BCUT2D eigenvalue weighted by Gasteiger charge is 2.43. The summed E-state index contributed by atoms with van der Waals surface area (Å²) >= 11 is 1.28. The van der Waals surface area contributed by atoms with Crippen LogP contribution >= 0.6 is 11.8 Å². The van der Waals surface area contributed by atoms with E-state index in [-0.39, 0.29) is 18.4 Å². The quantitative estimate of drug-likeness (QED) is 0.471. The molecule has 0 aromatic carbocycles. The summed E-state index contributed by atoms with van der Waals surface area (Å²) in [5.74, 6) is 0.315. The maximum atomic E-state index is 10.1. The summed E-state index contributed by atoms with van der Waals surface area (Å²) in [6, 6.07) is 1.73. The smallest absolute Gasteiger partial charge is 0.223 e. The Kier molecular flexibility index (Phi) is 3.21. The van der Waals surface area contributed by atoms with Gasteiger partial charge in [0.05, 0.1) is 23.3 Å². The zero-order chi connectivity index (χ0) is 14.4. The molecule has 0 bridgehead atoms. The van der Waals surface area contributed by atoms with Crippen LogP contribution in [0.5, 0.6) is 0 Å². The summed E-state index contributed by atoms with van der Waals surface area (Å²) in [6.45, 7) is -0.210. The van der Waals surface area contributed by atoms with Crippen LogP contribution in [0.4, 0.5) is 11.8 Å². The number of nitrogens with zero attached hydrogens (tertiary/aromatic N) is 3. The molecule has 108 valence electrons. The topological polar surface area (TPSA) is 143 Å². The van der Waals surface area contributed by atoms with Crippen molar-refractivity contribution in [3.8, 4) is 0 Å². The van der Waals surface area contributed by atoms with Gasteiger partial charge in [-0.3, -0.25) is 0 Å². The molecule has 1 unspecified atom stereocenters. The van der Waals surface area contributed by atoms with E-state index in [1.54, 1.807) is 16.8 Å². The van der Waals surface area contributed by atoms with Gasteiger partial charge in [-0.1, -0.05) is 0 Å². The average molecular weight is 297 g/mol. The van der Waals surface area contributed by atoms with E-state index in [1.807, 2.05) is 0 Å². The molecule has 4 atom stereocenters. The van der Waals surface area contributed by atoms with Gasteiger partial charge in [-0.25, -0.2) is 0 Å². The number of fused-ring (bicyclic) bond motifs is 1. The maximum Gasteiger partial charge on any atom is 0.223 e. The zero-order valence-corrected chi connectivity index (χ0v) is 11.2. The molecule has 1 saturated heterocycles. The van der Waals surface area contributed by atoms with Crippen LogP contribution in [0.15, 0.2) is 12.3 Å². The Morgan fingerprint density at radius 2 is 2.00 bits per heavy atom. The van der Waals surface area contributed by atoms with E-state index < -0.39 is 22.8 Å². The molecule has 0 saturated carbocycles. The molecule has 7 N–H and O–H groups in total. The van der Waals surface area contributed by atoms with E-state index in [0.29, 0.717) is 11.0 Å². The SMILES string of the molecule is Nc1nc(N)c2ccn(C3S[C@H](CO)[C@@H](O)[C@H]3O)c2n1. The van der Waals surface area contributed by atoms with Gasteiger partial charge in [0.1, 0.15) is 22.9 Å². The highest BCUT2D eigenvalue weighted by Crippen LogP contribution is 2.43. The summed E-state index contributed by atoms with van der Waals surface area (Å²) in [5, 5.41) is 28.9. The average Bonchev–Trinajstić information content (AvgIpc) is 2.93. The lowest BCUT2D eigenvalue weighted by atomic mass is 10.1. The Morgan fingerprint density at radius 3 is 2.65 bits per heavy atom. The number of hydrogen-bond acceptors (Lipinski definition) is 8. The van der Waals surface area contributed by atoms with Crippen LogP contribution in [0.3, 0.4) is 0 Å². The molecule has 0 amide bonds. The molecule has 8 nitrogen and oxygen atoms in total. The molecule has 3 rings (SSSR count). The molecule has 1 aliphatic rings. The molecule has 3 heterocycles. The van der Waals surface area contributed by atoms with Crippen molar-refractivity contribution in [1.82, 2.24) is 14.5 Å². The minimum atomic E-state index is -1.01. The normalized spacial score (nSPS) is 30.1. The van der Waals surface area contributed by atoms with Crippen molar-refractivity contribution in [2.24, 2.45) is 0 Å². The molecule has 20 heavy (non-hydrogen) atoms. The summed E-state index contributed by atoms with van der Waals surface area (Å²) in [6.07, 6.45) is -0.295. The highest BCUT2D eigenvalue weighted by molar-refractivity contribution is 8.00. The summed E-state index contributed by atoms with van der Waals surface area (Å²) in [7, 11) is 0. The third-order valence-electron chi connectivity index (χ3n) is 3.41.